The van der Waals surface area contributed by atoms with Gasteiger partial charge in [0, 0.05) is 65.8 Å². The van der Waals surface area contributed by atoms with Gasteiger partial charge in [-0.1, -0.05) is 261 Å². The third-order valence-electron chi connectivity index (χ3n) is 20.3. The van der Waals surface area contributed by atoms with Crippen LogP contribution in [0.5, 0.6) is 0 Å². The Morgan fingerprint density at radius 1 is 0.110 bits per heavy atom. The van der Waals surface area contributed by atoms with Gasteiger partial charge in [0.15, 0.2) is 0 Å². The van der Waals surface area contributed by atoms with Crippen LogP contribution >= 0.6 is 0 Å². The van der Waals surface area contributed by atoms with E-state index in [4.69, 9.17) is 0 Å². The Balaban J connectivity index is 0.000000139. The molecular formula is C96H64N4. The summed E-state index contributed by atoms with van der Waals surface area (Å²) in [4.78, 5) is 0. The number of aromatic nitrogens is 4. The molecule has 0 aliphatic rings. The van der Waals surface area contributed by atoms with Crippen LogP contribution in [0.15, 0.2) is 388 Å². The van der Waals surface area contributed by atoms with Crippen molar-refractivity contribution in [2.24, 2.45) is 0 Å². The molecule has 4 heterocycles. The lowest BCUT2D eigenvalue weighted by Crippen LogP contribution is -1.94. The lowest BCUT2D eigenvalue weighted by Gasteiger charge is -2.10. The fourth-order valence-electron chi connectivity index (χ4n) is 15.5. The summed E-state index contributed by atoms with van der Waals surface area (Å²) in [6, 6.07) is 141. The minimum Gasteiger partial charge on any atom is -0.309 e. The molecule has 0 radical (unpaired) electrons. The van der Waals surface area contributed by atoms with E-state index < -0.39 is 0 Å². The van der Waals surface area contributed by atoms with E-state index in [1.807, 2.05) is 0 Å². The molecule has 0 spiro atoms. The van der Waals surface area contributed by atoms with Gasteiger partial charge in [0.1, 0.15) is 0 Å². The maximum atomic E-state index is 2.40. The Kier molecular flexibility index (Phi) is 14.2. The van der Waals surface area contributed by atoms with Gasteiger partial charge >= 0.3 is 0 Å². The standard InChI is InChI=1S/2C48H32N2/c1-4-12-33(13-5-1)35-20-25-40(26-21-35)49-45-19-11-10-18-41(45)43-30-36(23-28-46(43)49)37-24-29-47-44(31-37)42-27-22-38(34-14-6-2-7-15-34)32-48(42)50(47)39-16-8-3-9-17-39;1-4-12-33(13-5-1)35-20-25-40(26-21-35)50-45-19-11-10-18-41(45)42-31-37(23-28-46(42)50)38-24-29-48-44(32-38)43-30-36(34-14-6-2-7-15-34)22-27-47(43)49(48)39-16-8-3-9-17-39/h2*1-32H. The summed E-state index contributed by atoms with van der Waals surface area (Å²) < 4.78 is 9.58. The van der Waals surface area contributed by atoms with Gasteiger partial charge in [-0.05, 0) is 194 Å². The van der Waals surface area contributed by atoms with Crippen LogP contribution in [-0.2, 0) is 0 Å². The molecule has 0 unspecified atom stereocenters. The first kappa shape index (κ1) is 58.1. The third-order valence-corrected chi connectivity index (χ3v) is 20.3. The van der Waals surface area contributed by atoms with Crippen molar-refractivity contribution in [2.75, 3.05) is 0 Å². The first-order valence-electron chi connectivity index (χ1n) is 34.4. The molecule has 0 saturated heterocycles. The molecule has 4 nitrogen and oxygen atoms in total. The molecule has 468 valence electrons. The minimum atomic E-state index is 1.16. The van der Waals surface area contributed by atoms with E-state index in [-0.39, 0.29) is 0 Å². The van der Waals surface area contributed by atoms with Gasteiger partial charge in [-0.3, -0.25) is 0 Å². The molecular weight excluding hydrogens is 1210 g/mol. The monoisotopic (exact) mass is 1270 g/mol. The Morgan fingerprint density at radius 3 is 0.650 bits per heavy atom. The summed E-state index contributed by atoms with van der Waals surface area (Å²) in [6.45, 7) is 0. The number of rotatable bonds is 10. The first-order valence-corrected chi connectivity index (χ1v) is 34.4. The van der Waals surface area contributed by atoms with Crippen LogP contribution < -0.4 is 0 Å². The van der Waals surface area contributed by atoms with Crippen molar-refractivity contribution in [2.45, 2.75) is 0 Å². The number of benzene rings is 16. The summed E-state index contributed by atoms with van der Waals surface area (Å²) >= 11 is 0. The lowest BCUT2D eigenvalue weighted by molar-refractivity contribution is 1.18. The molecule has 20 rings (SSSR count). The topological polar surface area (TPSA) is 19.7 Å². The van der Waals surface area contributed by atoms with Gasteiger partial charge < -0.3 is 18.3 Å². The molecule has 4 heteroatoms. The van der Waals surface area contributed by atoms with Crippen LogP contribution in [0.25, 0.3) is 177 Å². The second-order valence-electron chi connectivity index (χ2n) is 26.0. The molecule has 0 aliphatic heterocycles. The number of hydrogen-bond donors (Lipinski definition) is 0. The van der Waals surface area contributed by atoms with Crippen molar-refractivity contribution in [3.8, 4) is 89.5 Å². The number of hydrogen-bond acceptors (Lipinski definition) is 0. The Bertz CT molecular complexity index is 6440. The normalized spacial score (nSPS) is 11.6. The molecule has 0 N–H and O–H groups in total. The van der Waals surface area contributed by atoms with E-state index in [9.17, 15) is 0 Å². The zero-order chi connectivity index (χ0) is 66.0. The highest BCUT2D eigenvalue weighted by Gasteiger charge is 2.20. The molecule has 0 fully saturated rings. The Labute approximate surface area is 579 Å². The van der Waals surface area contributed by atoms with Gasteiger partial charge in [0.25, 0.3) is 0 Å². The molecule has 0 saturated carbocycles. The molecule has 0 bridgehead atoms. The van der Waals surface area contributed by atoms with Crippen LogP contribution in [-0.4, -0.2) is 18.3 Å². The summed E-state index contributed by atoms with van der Waals surface area (Å²) in [5.74, 6) is 0. The molecule has 100 heavy (non-hydrogen) atoms. The summed E-state index contributed by atoms with van der Waals surface area (Å²) in [5.41, 5.74) is 28.9. The van der Waals surface area contributed by atoms with E-state index in [1.165, 1.54) is 160 Å². The van der Waals surface area contributed by atoms with Crippen molar-refractivity contribution >= 4 is 87.2 Å². The molecule has 16 aromatic carbocycles. The smallest absolute Gasteiger partial charge is 0.0547 e. The highest BCUT2D eigenvalue weighted by atomic mass is 15.0. The highest BCUT2D eigenvalue weighted by Crippen LogP contribution is 2.43. The molecule has 0 amide bonds. The predicted molar refractivity (Wildman–Crippen MR) is 423 cm³/mol. The van der Waals surface area contributed by atoms with E-state index >= 15 is 0 Å². The zero-order valence-corrected chi connectivity index (χ0v) is 54.7. The van der Waals surface area contributed by atoms with Crippen molar-refractivity contribution in [1.29, 1.82) is 0 Å². The van der Waals surface area contributed by atoms with E-state index in [2.05, 4.69) is 407 Å². The van der Waals surface area contributed by atoms with Gasteiger partial charge in [-0.15, -0.1) is 0 Å². The number of para-hydroxylation sites is 4. The number of fused-ring (bicyclic) bond motifs is 12. The fraction of sp³-hybridized carbons (Fsp3) is 0. The van der Waals surface area contributed by atoms with Crippen LogP contribution in [0.4, 0.5) is 0 Å². The quantitative estimate of drug-likeness (QED) is 0.130. The van der Waals surface area contributed by atoms with Crippen LogP contribution in [0.2, 0.25) is 0 Å². The van der Waals surface area contributed by atoms with Crippen LogP contribution in [0.1, 0.15) is 0 Å². The second-order valence-corrected chi connectivity index (χ2v) is 26.0. The lowest BCUT2D eigenvalue weighted by atomic mass is 9.99. The maximum absolute atomic E-state index is 2.40. The second kappa shape index (κ2) is 24.4. The fourth-order valence-corrected chi connectivity index (χ4v) is 15.5. The van der Waals surface area contributed by atoms with Crippen LogP contribution in [0, 0.1) is 0 Å². The summed E-state index contributed by atoms with van der Waals surface area (Å²) in [5, 5.41) is 10.0. The van der Waals surface area contributed by atoms with Crippen molar-refractivity contribution in [3.63, 3.8) is 0 Å². The van der Waals surface area contributed by atoms with Gasteiger partial charge in [-0.2, -0.15) is 0 Å². The predicted octanol–water partition coefficient (Wildman–Crippen LogP) is 25.8. The highest BCUT2D eigenvalue weighted by molar-refractivity contribution is 6.15. The average Bonchev–Trinajstić information content (AvgIpc) is 1.60. The Hall–Kier alpha value is -13.3. The van der Waals surface area contributed by atoms with E-state index in [1.54, 1.807) is 0 Å². The SMILES string of the molecule is c1ccc(-c2ccc(-n3c4ccccc4c4cc(-c5ccc6c(c5)c5cc(-c7ccccc7)ccc5n6-c5ccccc5)ccc43)cc2)cc1.c1ccc(-c2ccc(-n3c4ccccc4c4cc(-c5ccc6c(c5)c5ccc(-c7ccccc7)cc5n6-c5ccccc5)ccc43)cc2)cc1. The minimum absolute atomic E-state index is 1.16. The zero-order valence-electron chi connectivity index (χ0n) is 54.7. The first-order chi connectivity index (χ1) is 49.6. The molecule has 4 aromatic heterocycles. The average molecular weight is 1270 g/mol. The number of nitrogens with zero attached hydrogens (tertiary/aromatic N) is 4. The molecule has 0 atom stereocenters. The third kappa shape index (κ3) is 10.1. The van der Waals surface area contributed by atoms with Crippen molar-refractivity contribution in [3.05, 3.63) is 388 Å². The van der Waals surface area contributed by atoms with Gasteiger partial charge in [0.2, 0.25) is 0 Å². The molecule has 20 aromatic rings. The largest absolute Gasteiger partial charge is 0.309 e. The Morgan fingerprint density at radius 2 is 0.310 bits per heavy atom. The van der Waals surface area contributed by atoms with Gasteiger partial charge in [0.05, 0.1) is 44.1 Å². The van der Waals surface area contributed by atoms with Gasteiger partial charge in [-0.25, -0.2) is 0 Å². The van der Waals surface area contributed by atoms with Crippen LogP contribution in [0.3, 0.4) is 0 Å². The van der Waals surface area contributed by atoms with Crippen molar-refractivity contribution in [1.82, 2.24) is 18.3 Å². The van der Waals surface area contributed by atoms with E-state index in [0.717, 1.165) is 17.1 Å². The van der Waals surface area contributed by atoms with E-state index in [0.29, 0.717) is 0 Å². The summed E-state index contributed by atoms with van der Waals surface area (Å²) in [7, 11) is 0. The molecule has 0 aliphatic carbocycles. The summed E-state index contributed by atoms with van der Waals surface area (Å²) in [6.07, 6.45) is 0. The maximum Gasteiger partial charge on any atom is 0.0547 e. The van der Waals surface area contributed by atoms with Crippen molar-refractivity contribution < 1.29 is 0 Å².